The van der Waals surface area contributed by atoms with Crippen LogP contribution in [-0.2, 0) is 16.2 Å². The summed E-state index contributed by atoms with van der Waals surface area (Å²) in [5.74, 6) is -1.44. The Morgan fingerprint density at radius 1 is 1.00 bits per heavy atom. The van der Waals surface area contributed by atoms with E-state index >= 15 is 0 Å². The minimum Gasteiger partial charge on any atom is -0.497 e. The molecule has 37 heavy (non-hydrogen) atoms. The van der Waals surface area contributed by atoms with E-state index in [1.807, 2.05) is 0 Å². The first kappa shape index (κ1) is 25.9. The van der Waals surface area contributed by atoms with Gasteiger partial charge in [-0.1, -0.05) is 18.2 Å². The number of hydrogen-bond acceptors (Lipinski definition) is 5. The van der Waals surface area contributed by atoms with Crippen LogP contribution in [0.1, 0.15) is 16.2 Å². The minimum absolute atomic E-state index is 0.00720. The first-order valence-corrected chi connectivity index (χ1v) is 12.0. The van der Waals surface area contributed by atoms with Gasteiger partial charge in [0.25, 0.3) is 5.91 Å². The molecule has 0 saturated heterocycles. The summed E-state index contributed by atoms with van der Waals surface area (Å²) in [6.07, 6.45) is -4.82. The summed E-state index contributed by atoms with van der Waals surface area (Å²) in [4.78, 5) is 12.6. The van der Waals surface area contributed by atoms with Crippen molar-refractivity contribution in [2.24, 2.45) is 5.14 Å². The Labute approximate surface area is 208 Å². The molecule has 192 valence electrons. The Hall–Kier alpha value is -4.23. The molecule has 4 aromatic rings. The maximum Gasteiger partial charge on any atom is 0.435 e. The monoisotopic (exact) mass is 534 g/mol. The number of halogens is 4. The molecular formula is C24H18F4N4O4S. The van der Waals surface area contributed by atoms with Gasteiger partial charge in [0.15, 0.2) is 5.69 Å². The van der Waals surface area contributed by atoms with Gasteiger partial charge in [-0.15, -0.1) is 0 Å². The zero-order valence-electron chi connectivity index (χ0n) is 19.0. The van der Waals surface area contributed by atoms with Crippen LogP contribution in [-0.4, -0.2) is 31.2 Å². The number of ether oxygens (including phenoxy) is 1. The fourth-order valence-electron chi connectivity index (χ4n) is 3.55. The third-order valence-corrected chi connectivity index (χ3v) is 6.23. The highest BCUT2D eigenvalue weighted by Crippen LogP contribution is 2.32. The summed E-state index contributed by atoms with van der Waals surface area (Å²) in [7, 11) is -2.74. The predicted molar refractivity (Wildman–Crippen MR) is 126 cm³/mol. The molecule has 0 bridgehead atoms. The number of hydrogen-bond donors (Lipinski definition) is 2. The molecule has 0 spiro atoms. The van der Waals surface area contributed by atoms with E-state index in [-0.39, 0.29) is 27.4 Å². The number of nitrogens with two attached hydrogens (primary N) is 1. The normalized spacial score (nSPS) is 11.8. The summed E-state index contributed by atoms with van der Waals surface area (Å²) in [6.45, 7) is 0. The molecule has 1 heterocycles. The van der Waals surface area contributed by atoms with Crippen LogP contribution in [0.4, 0.5) is 23.2 Å². The molecular weight excluding hydrogens is 516 g/mol. The van der Waals surface area contributed by atoms with E-state index in [9.17, 15) is 30.8 Å². The molecule has 1 amide bonds. The number of methoxy groups -OCH3 is 1. The molecule has 0 radical (unpaired) electrons. The van der Waals surface area contributed by atoms with Gasteiger partial charge in [-0.2, -0.15) is 18.3 Å². The molecule has 3 N–H and O–H groups in total. The number of alkyl halides is 3. The number of aromatic nitrogens is 2. The third-order valence-electron chi connectivity index (χ3n) is 5.26. The standard InChI is InChI=1S/C24H18F4N4O4S/c1-36-16-9-7-15(8-10-16)32-20(13-22(31-32)24(26,27)28)23(33)30-14-6-11-17(19(25)12-14)18-4-2-3-5-21(18)37(29,34)35/h2-13H,1H3,(H,30,33)(H2,29,34,35). The number of nitrogens with zero attached hydrogens (tertiary/aromatic N) is 2. The molecule has 0 aliphatic rings. The number of amides is 1. The first-order valence-electron chi connectivity index (χ1n) is 10.4. The summed E-state index contributed by atoms with van der Waals surface area (Å²) >= 11 is 0. The Bertz CT molecular complexity index is 1580. The van der Waals surface area contributed by atoms with Crippen molar-refractivity contribution in [3.63, 3.8) is 0 Å². The highest BCUT2D eigenvalue weighted by molar-refractivity contribution is 7.89. The number of primary sulfonamides is 1. The molecule has 0 saturated carbocycles. The zero-order valence-corrected chi connectivity index (χ0v) is 19.8. The number of nitrogens with one attached hydrogen (secondary N) is 1. The maximum atomic E-state index is 15.0. The van der Waals surface area contributed by atoms with Crippen LogP contribution in [0.15, 0.2) is 77.7 Å². The lowest BCUT2D eigenvalue weighted by Crippen LogP contribution is -2.17. The molecule has 8 nitrogen and oxygen atoms in total. The van der Waals surface area contributed by atoms with Gasteiger partial charge >= 0.3 is 6.18 Å². The lowest BCUT2D eigenvalue weighted by Gasteiger charge is -2.12. The van der Waals surface area contributed by atoms with Crippen molar-refractivity contribution in [2.75, 3.05) is 12.4 Å². The van der Waals surface area contributed by atoms with Gasteiger partial charge in [0.2, 0.25) is 10.0 Å². The second kappa shape index (κ2) is 9.67. The number of rotatable bonds is 6. The number of carbonyl (C=O) groups is 1. The van der Waals surface area contributed by atoms with Crippen molar-refractivity contribution in [1.82, 2.24) is 9.78 Å². The zero-order chi connectivity index (χ0) is 27.0. The van der Waals surface area contributed by atoms with Crippen LogP contribution in [0.3, 0.4) is 0 Å². The van der Waals surface area contributed by atoms with Crippen LogP contribution in [0.5, 0.6) is 5.75 Å². The first-order chi connectivity index (χ1) is 17.4. The van der Waals surface area contributed by atoms with Crippen LogP contribution in [0.25, 0.3) is 16.8 Å². The van der Waals surface area contributed by atoms with Gasteiger partial charge in [-0.25, -0.2) is 22.6 Å². The number of carbonyl (C=O) groups excluding carboxylic acids is 1. The van der Waals surface area contributed by atoms with Gasteiger partial charge in [0.05, 0.1) is 17.7 Å². The van der Waals surface area contributed by atoms with E-state index in [2.05, 4.69) is 10.4 Å². The van der Waals surface area contributed by atoms with Crippen LogP contribution in [0.2, 0.25) is 0 Å². The summed E-state index contributed by atoms with van der Waals surface area (Å²) in [5, 5.41) is 11.1. The van der Waals surface area contributed by atoms with E-state index in [0.29, 0.717) is 11.8 Å². The van der Waals surface area contributed by atoms with Crippen molar-refractivity contribution >= 4 is 21.6 Å². The van der Waals surface area contributed by atoms with Crippen molar-refractivity contribution < 1.29 is 35.5 Å². The molecule has 0 atom stereocenters. The van der Waals surface area contributed by atoms with E-state index in [1.54, 1.807) is 0 Å². The summed E-state index contributed by atoms with van der Waals surface area (Å²) < 4.78 is 84.6. The minimum atomic E-state index is -4.82. The van der Waals surface area contributed by atoms with Crippen LogP contribution in [0, 0.1) is 5.82 Å². The van der Waals surface area contributed by atoms with Crippen LogP contribution >= 0.6 is 0 Å². The van der Waals surface area contributed by atoms with Crippen molar-refractivity contribution in [3.05, 3.63) is 90.0 Å². The summed E-state index contributed by atoms with van der Waals surface area (Å²) in [5.41, 5.74) is -1.79. The highest BCUT2D eigenvalue weighted by atomic mass is 32.2. The molecule has 0 fully saturated rings. The van der Waals surface area contributed by atoms with E-state index in [4.69, 9.17) is 9.88 Å². The Kier molecular flexibility index (Phi) is 6.76. The molecule has 0 unspecified atom stereocenters. The second-order valence-corrected chi connectivity index (χ2v) is 9.24. The van der Waals surface area contributed by atoms with Gasteiger partial charge < -0.3 is 10.1 Å². The number of anilines is 1. The Morgan fingerprint density at radius 3 is 2.27 bits per heavy atom. The average molecular weight is 534 g/mol. The average Bonchev–Trinajstić information content (AvgIpc) is 3.30. The largest absolute Gasteiger partial charge is 0.497 e. The van der Waals surface area contributed by atoms with E-state index in [0.717, 1.165) is 10.7 Å². The van der Waals surface area contributed by atoms with Gasteiger partial charge in [-0.05, 0) is 48.5 Å². The lowest BCUT2D eigenvalue weighted by atomic mass is 10.0. The van der Waals surface area contributed by atoms with Gasteiger partial charge in [-0.3, -0.25) is 4.79 Å². The van der Waals surface area contributed by atoms with E-state index < -0.39 is 39.3 Å². The summed E-state index contributed by atoms with van der Waals surface area (Å²) in [6, 6.07) is 15.3. The Morgan fingerprint density at radius 2 is 1.68 bits per heavy atom. The smallest absolute Gasteiger partial charge is 0.435 e. The molecule has 0 aliphatic heterocycles. The lowest BCUT2D eigenvalue weighted by molar-refractivity contribution is -0.141. The highest BCUT2D eigenvalue weighted by Gasteiger charge is 2.36. The van der Waals surface area contributed by atoms with Crippen LogP contribution < -0.4 is 15.2 Å². The maximum absolute atomic E-state index is 15.0. The molecule has 3 aromatic carbocycles. The topological polar surface area (TPSA) is 116 Å². The molecule has 1 aromatic heterocycles. The van der Waals surface area contributed by atoms with Gasteiger partial charge in [0, 0.05) is 22.9 Å². The SMILES string of the molecule is COc1ccc(-n2nc(C(F)(F)F)cc2C(=O)Nc2ccc(-c3ccccc3S(N)(=O)=O)c(F)c2)cc1. The third kappa shape index (κ3) is 5.47. The second-order valence-electron chi connectivity index (χ2n) is 7.71. The van der Waals surface area contributed by atoms with Crippen molar-refractivity contribution in [3.8, 4) is 22.6 Å². The molecule has 0 aliphatic carbocycles. The van der Waals surface area contributed by atoms with E-state index in [1.165, 1.54) is 67.8 Å². The van der Waals surface area contributed by atoms with Crippen molar-refractivity contribution in [1.29, 1.82) is 0 Å². The fraction of sp³-hybridized carbons (Fsp3) is 0.0833. The number of sulfonamides is 1. The predicted octanol–water partition coefficient (Wildman–Crippen LogP) is 4.61. The number of benzene rings is 3. The fourth-order valence-corrected chi connectivity index (χ4v) is 4.30. The quantitative estimate of drug-likeness (QED) is 0.351. The van der Waals surface area contributed by atoms with Gasteiger partial charge in [0.1, 0.15) is 17.3 Å². The molecule has 4 rings (SSSR count). The van der Waals surface area contributed by atoms with Crippen molar-refractivity contribution in [2.45, 2.75) is 11.1 Å². The molecule has 13 heteroatoms. The Balaban J connectivity index is 1.69.